The molecule has 0 N–H and O–H groups in total. The van der Waals surface area contributed by atoms with Gasteiger partial charge in [-0.25, -0.2) is 4.68 Å². The number of nitrogens with zero attached hydrogens (tertiary/aromatic N) is 5. The third-order valence-electron chi connectivity index (χ3n) is 5.31. The topological polar surface area (TPSA) is 107 Å². The normalized spacial score (nSPS) is 14.2. The molecule has 0 radical (unpaired) electrons. The molecule has 0 unspecified atom stereocenters. The van der Waals surface area contributed by atoms with Crippen molar-refractivity contribution in [1.29, 1.82) is 0 Å². The minimum atomic E-state index is -0.465. The van der Waals surface area contributed by atoms with Crippen LogP contribution in [-0.2, 0) is 6.54 Å². The molecule has 29 heavy (non-hydrogen) atoms. The standard InChI is InChI=1S/C20H21N5O4/c1-14-19(21-22-24(14)16-8-4-9-17(12-16)25(27)28)20(26)23(15-6-2-3-7-15)13-18-10-5-11-29-18/h4-5,8-12,15H,2-3,6-7,13H2,1H3. The van der Waals surface area contributed by atoms with Crippen LogP contribution in [0.3, 0.4) is 0 Å². The van der Waals surface area contributed by atoms with Crippen LogP contribution in [0.25, 0.3) is 5.69 Å². The van der Waals surface area contributed by atoms with Crippen molar-refractivity contribution < 1.29 is 14.1 Å². The first kappa shape index (κ1) is 18.9. The summed E-state index contributed by atoms with van der Waals surface area (Å²) in [5.41, 5.74) is 1.23. The number of nitro benzene ring substituents is 1. The lowest BCUT2D eigenvalue weighted by molar-refractivity contribution is -0.384. The van der Waals surface area contributed by atoms with Crippen LogP contribution in [0.2, 0.25) is 0 Å². The van der Waals surface area contributed by atoms with Crippen LogP contribution in [0.15, 0.2) is 47.1 Å². The average Bonchev–Trinajstić information content (AvgIpc) is 3.48. The van der Waals surface area contributed by atoms with Crippen LogP contribution in [0.5, 0.6) is 0 Å². The molecule has 1 saturated carbocycles. The highest BCUT2D eigenvalue weighted by Gasteiger charge is 2.31. The Bertz CT molecular complexity index is 1020. The van der Waals surface area contributed by atoms with E-state index in [4.69, 9.17) is 4.42 Å². The Hall–Kier alpha value is -3.49. The molecule has 4 rings (SSSR count). The molecule has 3 aromatic rings. The zero-order chi connectivity index (χ0) is 20.4. The fourth-order valence-corrected chi connectivity index (χ4v) is 3.80. The maximum Gasteiger partial charge on any atom is 0.276 e. The molecule has 1 fully saturated rings. The molecule has 1 aliphatic carbocycles. The van der Waals surface area contributed by atoms with Crippen LogP contribution < -0.4 is 0 Å². The van der Waals surface area contributed by atoms with Gasteiger partial charge >= 0.3 is 0 Å². The minimum absolute atomic E-state index is 0.0457. The number of hydrogen-bond donors (Lipinski definition) is 0. The molecule has 0 atom stereocenters. The van der Waals surface area contributed by atoms with E-state index < -0.39 is 4.92 Å². The van der Waals surface area contributed by atoms with E-state index in [1.807, 2.05) is 6.07 Å². The molecule has 0 aliphatic heterocycles. The third kappa shape index (κ3) is 3.75. The van der Waals surface area contributed by atoms with Gasteiger partial charge in [0.05, 0.1) is 29.1 Å². The molecule has 1 aromatic carbocycles. The van der Waals surface area contributed by atoms with Crippen molar-refractivity contribution in [3.63, 3.8) is 0 Å². The van der Waals surface area contributed by atoms with Gasteiger partial charge in [0.25, 0.3) is 11.6 Å². The van der Waals surface area contributed by atoms with Gasteiger partial charge in [0.2, 0.25) is 0 Å². The fraction of sp³-hybridized carbons (Fsp3) is 0.350. The highest BCUT2D eigenvalue weighted by atomic mass is 16.6. The number of rotatable bonds is 6. The summed E-state index contributed by atoms with van der Waals surface area (Å²) < 4.78 is 6.91. The Labute approximate surface area is 167 Å². The van der Waals surface area contributed by atoms with Crippen molar-refractivity contribution in [3.8, 4) is 5.69 Å². The van der Waals surface area contributed by atoms with E-state index in [0.717, 1.165) is 25.7 Å². The van der Waals surface area contributed by atoms with E-state index in [9.17, 15) is 14.9 Å². The minimum Gasteiger partial charge on any atom is -0.467 e. The van der Waals surface area contributed by atoms with E-state index in [0.29, 0.717) is 23.7 Å². The molecule has 0 bridgehead atoms. The zero-order valence-corrected chi connectivity index (χ0v) is 16.0. The lowest BCUT2D eigenvalue weighted by Crippen LogP contribution is -2.38. The number of benzene rings is 1. The number of aromatic nitrogens is 3. The predicted molar refractivity (Wildman–Crippen MR) is 104 cm³/mol. The lowest BCUT2D eigenvalue weighted by atomic mass is 10.1. The SMILES string of the molecule is Cc1c(C(=O)N(Cc2ccco2)C2CCCC2)nnn1-c1cccc([N+](=O)[O-])c1. The van der Waals surface area contributed by atoms with Gasteiger partial charge in [0.1, 0.15) is 5.76 Å². The first-order valence-electron chi connectivity index (χ1n) is 9.55. The van der Waals surface area contributed by atoms with Crippen LogP contribution in [0.4, 0.5) is 5.69 Å². The van der Waals surface area contributed by atoms with Crippen LogP contribution in [0.1, 0.15) is 47.6 Å². The number of carbonyl (C=O) groups is 1. The second-order valence-electron chi connectivity index (χ2n) is 7.16. The zero-order valence-electron chi connectivity index (χ0n) is 16.0. The van der Waals surface area contributed by atoms with E-state index in [-0.39, 0.29) is 23.3 Å². The van der Waals surface area contributed by atoms with E-state index in [1.54, 1.807) is 36.3 Å². The predicted octanol–water partition coefficient (Wildman–Crippen LogP) is 3.66. The second-order valence-corrected chi connectivity index (χ2v) is 7.16. The van der Waals surface area contributed by atoms with Gasteiger partial charge in [-0.15, -0.1) is 5.10 Å². The molecule has 1 aliphatic rings. The van der Waals surface area contributed by atoms with Crippen LogP contribution in [-0.4, -0.2) is 36.8 Å². The summed E-state index contributed by atoms with van der Waals surface area (Å²) in [6.07, 6.45) is 5.67. The number of furan rings is 1. The highest BCUT2D eigenvalue weighted by molar-refractivity contribution is 5.93. The van der Waals surface area contributed by atoms with Gasteiger partial charge in [0, 0.05) is 18.2 Å². The van der Waals surface area contributed by atoms with Gasteiger partial charge in [-0.3, -0.25) is 14.9 Å². The van der Waals surface area contributed by atoms with Crippen molar-refractivity contribution in [1.82, 2.24) is 19.9 Å². The highest BCUT2D eigenvalue weighted by Crippen LogP contribution is 2.27. The summed E-state index contributed by atoms with van der Waals surface area (Å²) >= 11 is 0. The number of nitro groups is 1. The Kier molecular flexibility index (Phi) is 5.11. The maximum atomic E-state index is 13.4. The number of non-ortho nitro benzene ring substituents is 1. The summed E-state index contributed by atoms with van der Waals surface area (Å²) in [6.45, 7) is 2.12. The molecule has 1 amide bonds. The van der Waals surface area contributed by atoms with Gasteiger partial charge in [-0.2, -0.15) is 0 Å². The summed E-state index contributed by atoms with van der Waals surface area (Å²) in [6, 6.07) is 9.88. The third-order valence-corrected chi connectivity index (χ3v) is 5.31. The van der Waals surface area contributed by atoms with E-state index >= 15 is 0 Å². The van der Waals surface area contributed by atoms with Gasteiger partial charge in [0.15, 0.2) is 5.69 Å². The molecule has 0 spiro atoms. The monoisotopic (exact) mass is 395 g/mol. The number of carbonyl (C=O) groups excluding carboxylic acids is 1. The number of hydrogen-bond acceptors (Lipinski definition) is 6. The first-order valence-corrected chi connectivity index (χ1v) is 9.55. The van der Waals surface area contributed by atoms with E-state index in [1.165, 1.54) is 16.8 Å². The molecule has 9 nitrogen and oxygen atoms in total. The van der Waals surface area contributed by atoms with Gasteiger partial charge in [-0.05, 0) is 38.0 Å². The molecular formula is C20H21N5O4. The van der Waals surface area contributed by atoms with Crippen molar-refractivity contribution in [2.75, 3.05) is 0 Å². The molecule has 2 aromatic heterocycles. The van der Waals surface area contributed by atoms with Crippen molar-refractivity contribution in [3.05, 3.63) is 69.9 Å². The quantitative estimate of drug-likeness (QED) is 0.466. The molecule has 2 heterocycles. The Balaban J connectivity index is 1.65. The summed E-state index contributed by atoms with van der Waals surface area (Å²) in [4.78, 5) is 25.8. The summed E-state index contributed by atoms with van der Waals surface area (Å²) in [5.74, 6) is 0.511. The van der Waals surface area contributed by atoms with Crippen molar-refractivity contribution in [2.24, 2.45) is 0 Å². The van der Waals surface area contributed by atoms with E-state index in [2.05, 4.69) is 10.3 Å². The smallest absolute Gasteiger partial charge is 0.276 e. The first-order chi connectivity index (χ1) is 14.0. The Morgan fingerprint density at radius 1 is 1.31 bits per heavy atom. The fourth-order valence-electron chi connectivity index (χ4n) is 3.80. The van der Waals surface area contributed by atoms with Crippen LogP contribution in [0, 0.1) is 17.0 Å². The van der Waals surface area contributed by atoms with Gasteiger partial charge < -0.3 is 9.32 Å². The summed E-state index contributed by atoms with van der Waals surface area (Å²) in [5, 5.41) is 19.3. The van der Waals surface area contributed by atoms with Crippen molar-refractivity contribution >= 4 is 11.6 Å². The van der Waals surface area contributed by atoms with Crippen LogP contribution >= 0.6 is 0 Å². The molecule has 0 saturated heterocycles. The average molecular weight is 395 g/mol. The molecule has 150 valence electrons. The molecule has 9 heteroatoms. The van der Waals surface area contributed by atoms with Gasteiger partial charge in [-0.1, -0.05) is 24.1 Å². The number of amides is 1. The Morgan fingerprint density at radius 3 is 2.79 bits per heavy atom. The largest absolute Gasteiger partial charge is 0.467 e. The van der Waals surface area contributed by atoms with Crippen molar-refractivity contribution in [2.45, 2.75) is 45.2 Å². The molecular weight excluding hydrogens is 374 g/mol. The lowest BCUT2D eigenvalue weighted by Gasteiger charge is -2.27. The maximum absolute atomic E-state index is 13.4. The summed E-state index contributed by atoms with van der Waals surface area (Å²) in [7, 11) is 0. The Morgan fingerprint density at radius 2 is 2.10 bits per heavy atom. The second kappa shape index (κ2) is 7.86.